The third kappa shape index (κ3) is 42.4. The van der Waals surface area contributed by atoms with E-state index >= 15 is 0 Å². The predicted octanol–water partition coefficient (Wildman–Crippen LogP) is 14.8. The Labute approximate surface area is 339 Å². The van der Waals surface area contributed by atoms with Gasteiger partial charge in [-0.3, -0.25) is 14.4 Å². The summed E-state index contributed by atoms with van der Waals surface area (Å²) in [7, 11) is 0. The second kappa shape index (κ2) is 44.1. The van der Waals surface area contributed by atoms with E-state index in [2.05, 4.69) is 69.4 Å². The third-order valence-corrected chi connectivity index (χ3v) is 9.80. The molecule has 0 radical (unpaired) electrons. The van der Waals surface area contributed by atoms with Crippen molar-refractivity contribution in [2.24, 2.45) is 0 Å². The first-order valence-electron chi connectivity index (χ1n) is 23.1. The van der Waals surface area contributed by atoms with Crippen LogP contribution in [-0.4, -0.2) is 37.2 Å². The number of carbonyl (C=O) groups excluding carboxylic acids is 3. The van der Waals surface area contributed by atoms with Gasteiger partial charge < -0.3 is 14.2 Å². The van der Waals surface area contributed by atoms with Crippen molar-refractivity contribution in [2.45, 2.75) is 232 Å². The van der Waals surface area contributed by atoms with Crippen LogP contribution in [0.15, 0.2) is 48.6 Å². The molecule has 0 amide bonds. The molecular weight excluding hydrogens is 685 g/mol. The van der Waals surface area contributed by atoms with Crippen LogP contribution < -0.4 is 0 Å². The van der Waals surface area contributed by atoms with Crippen molar-refractivity contribution < 1.29 is 28.6 Å². The molecule has 0 N–H and O–H groups in total. The molecule has 0 saturated heterocycles. The third-order valence-electron chi connectivity index (χ3n) is 9.80. The molecule has 0 spiro atoms. The fourth-order valence-electron chi connectivity index (χ4n) is 6.34. The van der Waals surface area contributed by atoms with Gasteiger partial charge in [-0.1, -0.05) is 185 Å². The normalized spacial score (nSPS) is 12.4. The largest absolute Gasteiger partial charge is 0.462 e. The average Bonchev–Trinajstić information content (AvgIpc) is 3.18. The van der Waals surface area contributed by atoms with E-state index in [0.717, 1.165) is 103 Å². The molecule has 0 bridgehead atoms. The van der Waals surface area contributed by atoms with Gasteiger partial charge >= 0.3 is 17.9 Å². The van der Waals surface area contributed by atoms with E-state index < -0.39 is 6.10 Å². The van der Waals surface area contributed by atoms with Crippen LogP contribution in [0.1, 0.15) is 226 Å². The molecule has 6 nitrogen and oxygen atoms in total. The van der Waals surface area contributed by atoms with Crippen LogP contribution in [0.4, 0.5) is 0 Å². The quantitative estimate of drug-likeness (QED) is 0.0267. The van der Waals surface area contributed by atoms with Gasteiger partial charge in [0, 0.05) is 19.3 Å². The molecule has 0 aromatic carbocycles. The van der Waals surface area contributed by atoms with Crippen molar-refractivity contribution in [3.05, 3.63) is 48.6 Å². The molecule has 0 aliphatic heterocycles. The molecule has 0 heterocycles. The first-order valence-corrected chi connectivity index (χ1v) is 23.1. The standard InChI is InChI=1S/C49H86O6/c1-4-7-10-13-16-19-22-23-24-25-26-27-28-31-33-36-39-42-48(51)54-45-46(55-49(52)43-40-37-34-30-21-18-15-12-9-6-3)44-53-47(50)41-38-35-32-29-20-17-14-11-8-5-2/h7,10,12,15-16,19,23-24,46H,4-6,8-9,11,13-14,17-18,20-22,25-45H2,1-3H3/b10-7-,15-12-,19-16-,24-23-. The zero-order valence-corrected chi connectivity index (χ0v) is 36.2. The lowest BCUT2D eigenvalue weighted by molar-refractivity contribution is -0.167. The van der Waals surface area contributed by atoms with Crippen LogP contribution in [0.25, 0.3) is 0 Å². The lowest BCUT2D eigenvalue weighted by Gasteiger charge is -2.18. The number of hydrogen-bond acceptors (Lipinski definition) is 6. The van der Waals surface area contributed by atoms with E-state index in [9.17, 15) is 14.4 Å². The molecule has 0 rings (SSSR count). The van der Waals surface area contributed by atoms with Crippen LogP contribution in [-0.2, 0) is 28.6 Å². The van der Waals surface area contributed by atoms with Gasteiger partial charge in [-0.15, -0.1) is 0 Å². The molecule has 0 aliphatic carbocycles. The molecule has 1 atom stereocenters. The molecule has 1 unspecified atom stereocenters. The minimum atomic E-state index is -0.776. The first kappa shape index (κ1) is 52.4. The monoisotopic (exact) mass is 771 g/mol. The molecule has 0 saturated carbocycles. The van der Waals surface area contributed by atoms with E-state index in [1.165, 1.54) is 83.5 Å². The van der Waals surface area contributed by atoms with Crippen LogP contribution in [0, 0.1) is 0 Å². The number of carbonyl (C=O) groups is 3. The van der Waals surface area contributed by atoms with Gasteiger partial charge in [0.2, 0.25) is 0 Å². The van der Waals surface area contributed by atoms with Gasteiger partial charge in [-0.2, -0.15) is 0 Å². The van der Waals surface area contributed by atoms with Crippen molar-refractivity contribution in [3.8, 4) is 0 Å². The van der Waals surface area contributed by atoms with E-state index in [-0.39, 0.29) is 31.1 Å². The second-order valence-electron chi connectivity index (χ2n) is 15.3. The van der Waals surface area contributed by atoms with Crippen LogP contribution >= 0.6 is 0 Å². The van der Waals surface area contributed by atoms with E-state index in [1.807, 2.05) is 0 Å². The highest BCUT2D eigenvalue weighted by molar-refractivity contribution is 5.71. The molecule has 0 fully saturated rings. The Morgan fingerprint density at radius 3 is 1.20 bits per heavy atom. The molecule has 318 valence electrons. The summed E-state index contributed by atoms with van der Waals surface area (Å²) in [5, 5.41) is 0. The van der Waals surface area contributed by atoms with Crippen molar-refractivity contribution in [2.75, 3.05) is 13.2 Å². The summed E-state index contributed by atoms with van der Waals surface area (Å²) in [6.45, 7) is 6.43. The lowest BCUT2D eigenvalue weighted by Crippen LogP contribution is -2.30. The smallest absolute Gasteiger partial charge is 0.306 e. The van der Waals surface area contributed by atoms with Crippen LogP contribution in [0.3, 0.4) is 0 Å². The maximum atomic E-state index is 12.7. The van der Waals surface area contributed by atoms with Crippen LogP contribution in [0.2, 0.25) is 0 Å². The van der Waals surface area contributed by atoms with Crippen molar-refractivity contribution in [3.63, 3.8) is 0 Å². The highest BCUT2D eigenvalue weighted by Crippen LogP contribution is 2.14. The minimum Gasteiger partial charge on any atom is -0.462 e. The topological polar surface area (TPSA) is 78.9 Å². The molecule has 55 heavy (non-hydrogen) atoms. The maximum absolute atomic E-state index is 12.7. The molecule has 6 heteroatoms. The van der Waals surface area contributed by atoms with Crippen molar-refractivity contribution in [1.29, 1.82) is 0 Å². The average molecular weight is 771 g/mol. The summed E-state index contributed by atoms with van der Waals surface area (Å²) in [6, 6.07) is 0. The Bertz CT molecular complexity index is 980. The Morgan fingerprint density at radius 1 is 0.382 bits per heavy atom. The second-order valence-corrected chi connectivity index (χ2v) is 15.3. The summed E-state index contributed by atoms with van der Waals surface area (Å²) < 4.78 is 16.7. The van der Waals surface area contributed by atoms with Gasteiger partial charge in [0.05, 0.1) is 0 Å². The highest BCUT2D eigenvalue weighted by atomic mass is 16.6. The number of rotatable bonds is 41. The SMILES string of the molecule is CC/C=C\C/C=C\C/C=C\CCCCCCCCCC(=O)OCC(COC(=O)CCCCCCCCCCCC)OC(=O)CCCCCCC/C=C\CCC. The Hall–Kier alpha value is -2.63. The summed E-state index contributed by atoms with van der Waals surface area (Å²) in [6.07, 6.45) is 50.9. The number of hydrogen-bond donors (Lipinski definition) is 0. The molecule has 0 aromatic heterocycles. The van der Waals surface area contributed by atoms with Crippen molar-refractivity contribution >= 4 is 17.9 Å². The maximum Gasteiger partial charge on any atom is 0.306 e. The van der Waals surface area contributed by atoms with Gasteiger partial charge in [0.1, 0.15) is 13.2 Å². The van der Waals surface area contributed by atoms with Gasteiger partial charge in [-0.25, -0.2) is 0 Å². The molecule has 0 aliphatic rings. The summed E-state index contributed by atoms with van der Waals surface area (Å²) in [5.74, 6) is -0.901. The van der Waals surface area contributed by atoms with Crippen molar-refractivity contribution in [1.82, 2.24) is 0 Å². The summed E-state index contributed by atoms with van der Waals surface area (Å²) >= 11 is 0. The van der Waals surface area contributed by atoms with Crippen LogP contribution in [0.5, 0.6) is 0 Å². The first-order chi connectivity index (χ1) is 27.0. The Kier molecular flexibility index (Phi) is 42.0. The number of allylic oxidation sites excluding steroid dienone is 8. The summed E-state index contributed by atoms with van der Waals surface area (Å²) in [5.41, 5.74) is 0. The lowest BCUT2D eigenvalue weighted by atomic mass is 10.1. The zero-order chi connectivity index (χ0) is 40.1. The van der Waals surface area contributed by atoms with E-state index in [4.69, 9.17) is 14.2 Å². The Balaban J connectivity index is 4.33. The highest BCUT2D eigenvalue weighted by Gasteiger charge is 2.19. The van der Waals surface area contributed by atoms with Gasteiger partial charge in [-0.05, 0) is 70.6 Å². The molecular formula is C49H86O6. The molecule has 0 aromatic rings. The zero-order valence-electron chi connectivity index (χ0n) is 36.2. The number of ether oxygens (including phenoxy) is 3. The van der Waals surface area contributed by atoms with E-state index in [0.29, 0.717) is 19.3 Å². The minimum absolute atomic E-state index is 0.0784. The Morgan fingerprint density at radius 2 is 0.745 bits per heavy atom. The van der Waals surface area contributed by atoms with Gasteiger partial charge in [0.25, 0.3) is 0 Å². The fraction of sp³-hybridized carbons (Fsp3) is 0.776. The van der Waals surface area contributed by atoms with Gasteiger partial charge in [0.15, 0.2) is 6.10 Å². The number of unbranched alkanes of at least 4 members (excludes halogenated alkanes) is 22. The fourth-order valence-corrected chi connectivity index (χ4v) is 6.34. The predicted molar refractivity (Wildman–Crippen MR) is 233 cm³/mol. The van der Waals surface area contributed by atoms with E-state index in [1.54, 1.807) is 0 Å². The summed E-state index contributed by atoms with van der Waals surface area (Å²) in [4.78, 5) is 37.7. The number of esters is 3.